The maximum atomic E-state index is 13.5. The molecule has 0 fully saturated rings. The molecule has 3 aromatic rings. The number of fused-ring (bicyclic) bond motifs is 1. The molecule has 0 saturated heterocycles. The van der Waals surface area contributed by atoms with Crippen LogP contribution in [0.1, 0.15) is 16.8 Å². The van der Waals surface area contributed by atoms with Gasteiger partial charge in [0.05, 0.1) is 6.42 Å². The summed E-state index contributed by atoms with van der Waals surface area (Å²) in [5, 5.41) is 3.40. The lowest BCUT2D eigenvalue weighted by Gasteiger charge is -2.09. The van der Waals surface area contributed by atoms with Crippen LogP contribution < -0.4 is 5.32 Å². The van der Waals surface area contributed by atoms with Crippen LogP contribution >= 0.6 is 0 Å². The number of hydrogen-bond donors (Lipinski definition) is 2. The number of H-pyrrole nitrogens is 1. The van der Waals surface area contributed by atoms with Crippen molar-refractivity contribution in [3.63, 3.8) is 0 Å². The number of aromatic amines is 1. The van der Waals surface area contributed by atoms with E-state index in [4.69, 9.17) is 0 Å². The second kappa shape index (κ2) is 5.83. The summed E-state index contributed by atoms with van der Waals surface area (Å²) in [5.74, 6) is -1.03. The SMILES string of the molecule is Cc1ccc(F)cc1NC(=O)Cc1c(C)[nH]c2ccc(F)cc12. The van der Waals surface area contributed by atoms with Gasteiger partial charge in [0.15, 0.2) is 0 Å². The fraction of sp³-hybridized carbons (Fsp3) is 0.167. The molecule has 1 heterocycles. The molecular formula is C18H16F2N2O. The summed E-state index contributed by atoms with van der Waals surface area (Å²) in [6, 6.07) is 8.67. The molecule has 2 N–H and O–H groups in total. The largest absolute Gasteiger partial charge is 0.358 e. The summed E-state index contributed by atoms with van der Waals surface area (Å²) >= 11 is 0. The van der Waals surface area contributed by atoms with Crippen molar-refractivity contribution in [1.82, 2.24) is 4.98 Å². The summed E-state index contributed by atoms with van der Waals surface area (Å²) < 4.78 is 26.7. The van der Waals surface area contributed by atoms with Crippen LogP contribution in [0.3, 0.4) is 0 Å². The van der Waals surface area contributed by atoms with Crippen LogP contribution in [0, 0.1) is 25.5 Å². The van der Waals surface area contributed by atoms with E-state index in [1.807, 2.05) is 6.92 Å². The first-order valence-corrected chi connectivity index (χ1v) is 7.27. The van der Waals surface area contributed by atoms with Crippen LogP contribution in [0.25, 0.3) is 10.9 Å². The monoisotopic (exact) mass is 314 g/mol. The van der Waals surface area contributed by atoms with Crippen molar-refractivity contribution < 1.29 is 13.6 Å². The Morgan fingerprint density at radius 1 is 1.09 bits per heavy atom. The molecule has 0 saturated carbocycles. The third-order valence-electron chi connectivity index (χ3n) is 3.89. The Morgan fingerprint density at radius 3 is 2.57 bits per heavy atom. The number of halogens is 2. The molecule has 3 rings (SSSR count). The second-order valence-electron chi connectivity index (χ2n) is 5.60. The number of amides is 1. The summed E-state index contributed by atoms with van der Waals surface area (Å²) in [4.78, 5) is 15.4. The Kier molecular flexibility index (Phi) is 3.86. The number of carbonyl (C=O) groups excluding carboxylic acids is 1. The van der Waals surface area contributed by atoms with Gasteiger partial charge in [0.1, 0.15) is 11.6 Å². The Bertz CT molecular complexity index is 899. The van der Waals surface area contributed by atoms with Crippen LogP contribution in [0.5, 0.6) is 0 Å². The maximum Gasteiger partial charge on any atom is 0.228 e. The van der Waals surface area contributed by atoms with E-state index in [2.05, 4.69) is 10.3 Å². The van der Waals surface area contributed by atoms with E-state index in [0.717, 1.165) is 22.3 Å². The van der Waals surface area contributed by atoms with E-state index in [-0.39, 0.29) is 18.1 Å². The first kappa shape index (κ1) is 15.2. The molecule has 3 nitrogen and oxygen atoms in total. The number of aryl methyl sites for hydroxylation is 2. The highest BCUT2D eigenvalue weighted by Gasteiger charge is 2.14. The Balaban J connectivity index is 1.87. The van der Waals surface area contributed by atoms with Gasteiger partial charge in [-0.25, -0.2) is 8.78 Å². The van der Waals surface area contributed by atoms with Gasteiger partial charge in [-0.1, -0.05) is 6.07 Å². The van der Waals surface area contributed by atoms with Crippen molar-refractivity contribution >= 4 is 22.5 Å². The Labute approximate surface area is 132 Å². The topological polar surface area (TPSA) is 44.9 Å². The zero-order valence-electron chi connectivity index (χ0n) is 12.8. The van der Waals surface area contributed by atoms with Crippen LogP contribution in [0.4, 0.5) is 14.5 Å². The lowest BCUT2D eigenvalue weighted by molar-refractivity contribution is -0.115. The van der Waals surface area contributed by atoms with Gasteiger partial charge in [0, 0.05) is 22.3 Å². The predicted octanol–water partition coefficient (Wildman–Crippen LogP) is 4.24. The molecule has 118 valence electrons. The lowest BCUT2D eigenvalue weighted by Crippen LogP contribution is -2.15. The van der Waals surface area contributed by atoms with E-state index in [0.29, 0.717) is 11.1 Å². The van der Waals surface area contributed by atoms with Crippen molar-refractivity contribution in [2.24, 2.45) is 0 Å². The summed E-state index contributed by atoms with van der Waals surface area (Å²) in [7, 11) is 0. The average Bonchev–Trinajstić information content (AvgIpc) is 2.79. The van der Waals surface area contributed by atoms with E-state index in [1.54, 1.807) is 19.1 Å². The van der Waals surface area contributed by atoms with Crippen LogP contribution in [0.2, 0.25) is 0 Å². The summed E-state index contributed by atoms with van der Waals surface area (Å²) in [6.45, 7) is 3.63. The van der Waals surface area contributed by atoms with Crippen molar-refractivity contribution in [2.45, 2.75) is 20.3 Å². The van der Waals surface area contributed by atoms with Gasteiger partial charge in [0.25, 0.3) is 0 Å². The predicted molar refractivity (Wildman–Crippen MR) is 86.5 cm³/mol. The molecule has 0 aliphatic carbocycles. The van der Waals surface area contributed by atoms with Crippen LogP contribution in [-0.4, -0.2) is 10.9 Å². The second-order valence-corrected chi connectivity index (χ2v) is 5.60. The number of rotatable bonds is 3. The molecule has 0 spiro atoms. The molecule has 0 aliphatic heterocycles. The molecule has 23 heavy (non-hydrogen) atoms. The molecule has 1 amide bonds. The van der Waals surface area contributed by atoms with Crippen molar-refractivity contribution in [2.75, 3.05) is 5.32 Å². The fourth-order valence-corrected chi connectivity index (χ4v) is 2.67. The molecule has 1 aromatic heterocycles. The zero-order valence-corrected chi connectivity index (χ0v) is 12.8. The quantitative estimate of drug-likeness (QED) is 0.746. The van der Waals surface area contributed by atoms with Gasteiger partial charge in [-0.2, -0.15) is 0 Å². The number of hydrogen-bond acceptors (Lipinski definition) is 1. The van der Waals surface area contributed by atoms with Crippen LogP contribution in [0.15, 0.2) is 36.4 Å². The third-order valence-corrected chi connectivity index (χ3v) is 3.89. The average molecular weight is 314 g/mol. The number of anilines is 1. The Hall–Kier alpha value is -2.69. The van der Waals surface area contributed by atoms with Crippen molar-refractivity contribution in [3.8, 4) is 0 Å². The highest BCUT2D eigenvalue weighted by Crippen LogP contribution is 2.24. The Morgan fingerprint density at radius 2 is 1.78 bits per heavy atom. The molecule has 0 bridgehead atoms. The molecular weight excluding hydrogens is 298 g/mol. The van der Waals surface area contributed by atoms with Gasteiger partial charge in [-0.05, 0) is 55.3 Å². The highest BCUT2D eigenvalue weighted by molar-refractivity contribution is 5.96. The molecule has 0 aliphatic rings. The van der Waals surface area contributed by atoms with Crippen LogP contribution in [-0.2, 0) is 11.2 Å². The standard InChI is InChI=1S/C18H16F2N2O/c1-10-3-4-13(20)8-17(10)22-18(23)9-14-11(2)21-16-6-5-12(19)7-15(14)16/h3-8,21H,9H2,1-2H3,(H,22,23). The molecule has 0 unspecified atom stereocenters. The van der Waals surface area contributed by atoms with Gasteiger partial charge in [0.2, 0.25) is 5.91 Å². The minimum atomic E-state index is -0.406. The maximum absolute atomic E-state index is 13.5. The third kappa shape index (κ3) is 3.08. The molecule has 5 heteroatoms. The van der Waals surface area contributed by atoms with E-state index >= 15 is 0 Å². The first-order valence-electron chi connectivity index (χ1n) is 7.27. The minimum Gasteiger partial charge on any atom is -0.358 e. The number of carbonyl (C=O) groups is 1. The van der Waals surface area contributed by atoms with Gasteiger partial charge < -0.3 is 10.3 Å². The van der Waals surface area contributed by atoms with E-state index < -0.39 is 5.82 Å². The minimum absolute atomic E-state index is 0.0885. The molecule has 0 atom stereocenters. The zero-order chi connectivity index (χ0) is 16.6. The first-order chi connectivity index (χ1) is 10.9. The fourth-order valence-electron chi connectivity index (χ4n) is 2.67. The van der Waals surface area contributed by atoms with Gasteiger partial charge in [-0.3, -0.25) is 4.79 Å². The number of nitrogens with one attached hydrogen (secondary N) is 2. The number of aromatic nitrogens is 1. The van der Waals surface area contributed by atoms with Gasteiger partial charge in [-0.15, -0.1) is 0 Å². The number of benzene rings is 2. The molecule has 2 aromatic carbocycles. The summed E-state index contributed by atoms with van der Waals surface area (Å²) in [6.07, 6.45) is 0.0885. The summed E-state index contributed by atoms with van der Waals surface area (Å²) in [5.41, 5.74) is 3.57. The normalized spacial score (nSPS) is 11.0. The van der Waals surface area contributed by atoms with E-state index in [1.165, 1.54) is 24.3 Å². The van der Waals surface area contributed by atoms with E-state index in [9.17, 15) is 13.6 Å². The molecule has 0 radical (unpaired) electrons. The smallest absolute Gasteiger partial charge is 0.228 e. The lowest BCUT2D eigenvalue weighted by atomic mass is 10.1. The highest BCUT2D eigenvalue weighted by atomic mass is 19.1. The van der Waals surface area contributed by atoms with Crippen molar-refractivity contribution in [3.05, 3.63) is 64.9 Å². The van der Waals surface area contributed by atoms with Crippen molar-refractivity contribution in [1.29, 1.82) is 0 Å². The van der Waals surface area contributed by atoms with Gasteiger partial charge >= 0.3 is 0 Å².